The molecular formula is C15H17N3O. The van der Waals surface area contributed by atoms with E-state index in [0.29, 0.717) is 5.92 Å². The SMILES string of the molecule is c1ccc2c(c1)CNC(c1nc(C3CCC3)no1)C2. The second kappa shape index (κ2) is 4.46. The summed E-state index contributed by atoms with van der Waals surface area (Å²) in [6, 6.07) is 8.70. The third-order valence-electron chi connectivity index (χ3n) is 4.31. The molecular weight excluding hydrogens is 238 g/mol. The molecule has 1 aromatic carbocycles. The maximum absolute atomic E-state index is 5.45. The van der Waals surface area contributed by atoms with E-state index in [-0.39, 0.29) is 6.04 Å². The van der Waals surface area contributed by atoms with Crippen LogP contribution < -0.4 is 5.32 Å². The molecule has 0 amide bonds. The second-order valence-electron chi connectivity index (χ2n) is 5.52. The molecule has 1 fully saturated rings. The molecule has 4 heteroatoms. The quantitative estimate of drug-likeness (QED) is 0.896. The summed E-state index contributed by atoms with van der Waals surface area (Å²) in [6.45, 7) is 0.877. The van der Waals surface area contributed by atoms with Crippen molar-refractivity contribution in [1.82, 2.24) is 15.5 Å². The monoisotopic (exact) mass is 255 g/mol. The van der Waals surface area contributed by atoms with Gasteiger partial charge in [0.2, 0.25) is 5.89 Å². The number of rotatable bonds is 2. The summed E-state index contributed by atoms with van der Waals surface area (Å²) in [5.41, 5.74) is 2.76. The predicted octanol–water partition coefficient (Wildman–Crippen LogP) is 2.72. The number of aromatic nitrogens is 2. The first-order chi connectivity index (χ1) is 9.40. The fourth-order valence-corrected chi connectivity index (χ4v) is 2.85. The molecule has 1 unspecified atom stereocenters. The predicted molar refractivity (Wildman–Crippen MR) is 70.6 cm³/mol. The lowest BCUT2D eigenvalue weighted by atomic mass is 9.85. The molecule has 98 valence electrons. The first kappa shape index (κ1) is 11.2. The van der Waals surface area contributed by atoms with Gasteiger partial charge in [0, 0.05) is 12.5 Å². The van der Waals surface area contributed by atoms with Gasteiger partial charge >= 0.3 is 0 Å². The fraction of sp³-hybridized carbons (Fsp3) is 0.467. The van der Waals surface area contributed by atoms with E-state index in [1.54, 1.807) is 0 Å². The van der Waals surface area contributed by atoms with Gasteiger partial charge < -0.3 is 9.84 Å². The summed E-state index contributed by atoms with van der Waals surface area (Å²) in [5, 5.41) is 7.63. The lowest BCUT2D eigenvalue weighted by Crippen LogP contribution is -2.28. The van der Waals surface area contributed by atoms with Crippen LogP contribution in [-0.2, 0) is 13.0 Å². The van der Waals surface area contributed by atoms with Crippen LogP contribution in [0.2, 0.25) is 0 Å². The van der Waals surface area contributed by atoms with Gasteiger partial charge in [0.05, 0.1) is 6.04 Å². The Morgan fingerprint density at radius 3 is 2.79 bits per heavy atom. The molecule has 0 bridgehead atoms. The van der Waals surface area contributed by atoms with E-state index < -0.39 is 0 Å². The van der Waals surface area contributed by atoms with Gasteiger partial charge in [-0.25, -0.2) is 0 Å². The minimum Gasteiger partial charge on any atom is -0.338 e. The highest BCUT2D eigenvalue weighted by Crippen LogP contribution is 2.35. The van der Waals surface area contributed by atoms with Crippen molar-refractivity contribution >= 4 is 0 Å². The van der Waals surface area contributed by atoms with Crippen molar-refractivity contribution in [2.45, 2.75) is 44.2 Å². The van der Waals surface area contributed by atoms with Crippen LogP contribution in [-0.4, -0.2) is 10.1 Å². The number of hydrogen-bond donors (Lipinski definition) is 1. The molecule has 0 spiro atoms. The van der Waals surface area contributed by atoms with Crippen molar-refractivity contribution in [1.29, 1.82) is 0 Å². The smallest absolute Gasteiger partial charge is 0.244 e. The van der Waals surface area contributed by atoms with E-state index in [2.05, 4.69) is 39.7 Å². The van der Waals surface area contributed by atoms with Gasteiger partial charge in [-0.2, -0.15) is 4.98 Å². The van der Waals surface area contributed by atoms with Gasteiger partial charge in [-0.05, 0) is 30.4 Å². The van der Waals surface area contributed by atoms with Gasteiger partial charge in [0.1, 0.15) is 0 Å². The van der Waals surface area contributed by atoms with Crippen LogP contribution in [0, 0.1) is 0 Å². The van der Waals surface area contributed by atoms with Gasteiger partial charge in [-0.3, -0.25) is 0 Å². The zero-order valence-electron chi connectivity index (χ0n) is 10.8. The van der Waals surface area contributed by atoms with Crippen LogP contribution in [0.15, 0.2) is 28.8 Å². The number of nitrogens with one attached hydrogen (secondary N) is 1. The second-order valence-corrected chi connectivity index (χ2v) is 5.52. The number of benzene rings is 1. The summed E-state index contributed by atoms with van der Waals surface area (Å²) < 4.78 is 5.45. The minimum absolute atomic E-state index is 0.163. The van der Waals surface area contributed by atoms with Crippen LogP contribution in [0.3, 0.4) is 0 Å². The topological polar surface area (TPSA) is 51.0 Å². The summed E-state index contributed by atoms with van der Waals surface area (Å²) in [5.74, 6) is 2.19. The Hall–Kier alpha value is -1.68. The molecule has 1 aliphatic heterocycles. The van der Waals surface area contributed by atoms with Crippen molar-refractivity contribution in [3.63, 3.8) is 0 Å². The standard InChI is InChI=1S/C15H17N3O/c1-2-5-12-9-16-13(8-11(12)4-1)15-17-14(18-19-15)10-6-3-7-10/h1-2,4-5,10,13,16H,3,6-9H2. The summed E-state index contributed by atoms with van der Waals surface area (Å²) in [4.78, 5) is 4.59. The molecule has 0 saturated heterocycles. The first-order valence-corrected chi connectivity index (χ1v) is 7.04. The van der Waals surface area contributed by atoms with Gasteiger partial charge in [0.15, 0.2) is 5.82 Å². The highest BCUT2D eigenvalue weighted by molar-refractivity contribution is 5.30. The average molecular weight is 255 g/mol. The molecule has 4 nitrogen and oxygen atoms in total. The maximum Gasteiger partial charge on any atom is 0.244 e. The third kappa shape index (κ3) is 1.96. The van der Waals surface area contributed by atoms with E-state index in [0.717, 1.165) is 24.7 Å². The van der Waals surface area contributed by atoms with Crippen molar-refractivity contribution in [2.24, 2.45) is 0 Å². The van der Waals surface area contributed by atoms with Crippen molar-refractivity contribution in [3.8, 4) is 0 Å². The molecule has 1 saturated carbocycles. The van der Waals surface area contributed by atoms with Crippen molar-refractivity contribution in [3.05, 3.63) is 47.1 Å². The zero-order valence-corrected chi connectivity index (χ0v) is 10.8. The Kier molecular flexibility index (Phi) is 2.62. The Balaban J connectivity index is 1.55. The number of hydrogen-bond acceptors (Lipinski definition) is 4. The number of fused-ring (bicyclic) bond motifs is 1. The number of nitrogens with zero attached hydrogens (tertiary/aromatic N) is 2. The molecule has 1 aromatic heterocycles. The van der Waals surface area contributed by atoms with E-state index in [1.165, 1.54) is 30.4 Å². The maximum atomic E-state index is 5.45. The van der Waals surface area contributed by atoms with E-state index in [4.69, 9.17) is 4.52 Å². The van der Waals surface area contributed by atoms with Crippen LogP contribution in [0.25, 0.3) is 0 Å². The van der Waals surface area contributed by atoms with Crippen LogP contribution in [0.5, 0.6) is 0 Å². The van der Waals surface area contributed by atoms with E-state index in [1.807, 2.05) is 0 Å². The Morgan fingerprint density at radius 2 is 2.00 bits per heavy atom. The zero-order chi connectivity index (χ0) is 12.7. The molecule has 2 heterocycles. The third-order valence-corrected chi connectivity index (χ3v) is 4.31. The minimum atomic E-state index is 0.163. The van der Waals surface area contributed by atoms with Crippen LogP contribution in [0.4, 0.5) is 0 Å². The Morgan fingerprint density at radius 1 is 1.16 bits per heavy atom. The van der Waals surface area contributed by atoms with Crippen molar-refractivity contribution in [2.75, 3.05) is 0 Å². The first-order valence-electron chi connectivity index (χ1n) is 7.04. The average Bonchev–Trinajstić information content (AvgIpc) is 2.85. The highest BCUT2D eigenvalue weighted by atomic mass is 16.5. The molecule has 2 aromatic rings. The fourth-order valence-electron chi connectivity index (χ4n) is 2.85. The molecule has 19 heavy (non-hydrogen) atoms. The molecule has 4 rings (SSSR count). The molecule has 1 aliphatic carbocycles. The summed E-state index contributed by atoms with van der Waals surface area (Å²) in [7, 11) is 0. The molecule has 1 N–H and O–H groups in total. The van der Waals surface area contributed by atoms with Gasteiger partial charge in [-0.1, -0.05) is 35.8 Å². The van der Waals surface area contributed by atoms with E-state index in [9.17, 15) is 0 Å². The van der Waals surface area contributed by atoms with E-state index >= 15 is 0 Å². The summed E-state index contributed by atoms with van der Waals surface area (Å²) in [6.07, 6.45) is 4.64. The Bertz CT molecular complexity index is 589. The van der Waals surface area contributed by atoms with Gasteiger partial charge in [0.25, 0.3) is 0 Å². The Labute approximate surface area is 112 Å². The normalized spacial score (nSPS) is 22.8. The highest BCUT2D eigenvalue weighted by Gasteiger charge is 2.28. The molecule has 1 atom stereocenters. The van der Waals surface area contributed by atoms with Crippen LogP contribution in [0.1, 0.15) is 54.1 Å². The lowest BCUT2D eigenvalue weighted by molar-refractivity contribution is 0.311. The van der Waals surface area contributed by atoms with Crippen LogP contribution >= 0.6 is 0 Å². The molecule has 0 radical (unpaired) electrons. The summed E-state index contributed by atoms with van der Waals surface area (Å²) >= 11 is 0. The lowest BCUT2D eigenvalue weighted by Gasteiger charge is -2.23. The largest absolute Gasteiger partial charge is 0.338 e. The van der Waals surface area contributed by atoms with Gasteiger partial charge in [-0.15, -0.1) is 0 Å². The van der Waals surface area contributed by atoms with Crippen molar-refractivity contribution < 1.29 is 4.52 Å². The molecule has 2 aliphatic rings.